The van der Waals surface area contributed by atoms with Crippen molar-refractivity contribution < 1.29 is 0 Å². The molecule has 16 heavy (non-hydrogen) atoms. The van der Waals surface area contributed by atoms with Crippen LogP contribution in [0.3, 0.4) is 0 Å². The first-order chi connectivity index (χ1) is 7.53. The van der Waals surface area contributed by atoms with Crippen LogP contribution in [0.15, 0.2) is 0 Å². The highest BCUT2D eigenvalue weighted by Gasteiger charge is 2.26. The summed E-state index contributed by atoms with van der Waals surface area (Å²) in [5, 5.41) is 7.33. The highest BCUT2D eigenvalue weighted by atomic mass is 15.4. The van der Waals surface area contributed by atoms with Crippen LogP contribution in [0, 0.1) is 0 Å². The van der Waals surface area contributed by atoms with Gasteiger partial charge >= 0.3 is 0 Å². The standard InChI is InChI=1S/C11H21N5/c1-4-11(2,3)9-13-10(15-14-9)16-6-5-8(12)7-16/h8H,4-7,12H2,1-3H3,(H,13,14,15). The van der Waals surface area contributed by atoms with Gasteiger partial charge in [-0.05, 0) is 12.8 Å². The zero-order valence-corrected chi connectivity index (χ0v) is 10.3. The highest BCUT2D eigenvalue weighted by Crippen LogP contribution is 2.25. The molecule has 0 bridgehead atoms. The fourth-order valence-electron chi connectivity index (χ4n) is 1.83. The van der Waals surface area contributed by atoms with Crippen LogP contribution in [0.4, 0.5) is 5.95 Å². The van der Waals surface area contributed by atoms with Gasteiger partial charge in [-0.1, -0.05) is 20.8 Å². The van der Waals surface area contributed by atoms with Crippen LogP contribution in [0.25, 0.3) is 0 Å². The van der Waals surface area contributed by atoms with E-state index in [9.17, 15) is 0 Å². The molecule has 0 aromatic carbocycles. The molecule has 1 aliphatic rings. The maximum Gasteiger partial charge on any atom is 0.244 e. The van der Waals surface area contributed by atoms with Crippen molar-refractivity contribution in [2.45, 2.75) is 45.1 Å². The first-order valence-electron chi connectivity index (χ1n) is 5.96. The van der Waals surface area contributed by atoms with Crippen molar-refractivity contribution in [3.63, 3.8) is 0 Å². The molecule has 1 aliphatic heterocycles. The second-order valence-electron chi connectivity index (χ2n) is 5.22. The lowest BCUT2D eigenvalue weighted by atomic mass is 9.90. The molecule has 1 fully saturated rings. The number of aromatic nitrogens is 3. The maximum atomic E-state index is 5.87. The van der Waals surface area contributed by atoms with Gasteiger partial charge in [0.05, 0.1) is 0 Å². The number of hydrogen-bond donors (Lipinski definition) is 2. The molecule has 1 atom stereocenters. The first kappa shape index (κ1) is 11.4. The predicted octanol–water partition coefficient (Wildman–Crippen LogP) is 1.03. The Balaban J connectivity index is 2.14. The van der Waals surface area contributed by atoms with Gasteiger partial charge in [0, 0.05) is 24.5 Å². The average Bonchev–Trinajstić information content (AvgIpc) is 2.85. The van der Waals surface area contributed by atoms with Crippen molar-refractivity contribution in [1.29, 1.82) is 0 Å². The number of anilines is 1. The minimum Gasteiger partial charge on any atom is -0.338 e. The van der Waals surface area contributed by atoms with E-state index in [1.807, 2.05) is 0 Å². The van der Waals surface area contributed by atoms with E-state index >= 15 is 0 Å². The molecule has 3 N–H and O–H groups in total. The fourth-order valence-corrected chi connectivity index (χ4v) is 1.83. The van der Waals surface area contributed by atoms with Crippen LogP contribution < -0.4 is 10.6 Å². The van der Waals surface area contributed by atoms with Gasteiger partial charge in [-0.3, -0.25) is 5.10 Å². The van der Waals surface area contributed by atoms with Gasteiger partial charge in [-0.25, -0.2) is 0 Å². The molecule has 0 saturated carbocycles. The zero-order valence-electron chi connectivity index (χ0n) is 10.3. The normalized spacial score (nSPS) is 21.8. The Bertz CT molecular complexity index is 357. The highest BCUT2D eigenvalue weighted by molar-refractivity contribution is 5.32. The van der Waals surface area contributed by atoms with Crippen molar-refractivity contribution >= 4 is 5.95 Å². The summed E-state index contributed by atoms with van der Waals surface area (Å²) < 4.78 is 0. The average molecular weight is 223 g/mol. The van der Waals surface area contributed by atoms with Gasteiger partial charge in [-0.15, -0.1) is 5.10 Å². The van der Waals surface area contributed by atoms with Crippen LogP contribution in [-0.4, -0.2) is 34.3 Å². The summed E-state index contributed by atoms with van der Waals surface area (Å²) in [6, 6.07) is 0.265. The maximum absolute atomic E-state index is 5.87. The van der Waals surface area contributed by atoms with Crippen molar-refractivity contribution in [1.82, 2.24) is 15.2 Å². The minimum absolute atomic E-state index is 0.0626. The van der Waals surface area contributed by atoms with Crippen LogP contribution in [0.1, 0.15) is 39.4 Å². The Morgan fingerprint density at radius 1 is 1.56 bits per heavy atom. The van der Waals surface area contributed by atoms with Crippen LogP contribution in [0.5, 0.6) is 0 Å². The summed E-state index contributed by atoms with van der Waals surface area (Å²) in [5.74, 6) is 1.76. The number of rotatable bonds is 3. The van der Waals surface area contributed by atoms with Crippen molar-refractivity contribution in [3.05, 3.63) is 5.82 Å². The van der Waals surface area contributed by atoms with Gasteiger partial charge in [0.1, 0.15) is 5.82 Å². The van der Waals surface area contributed by atoms with E-state index in [0.29, 0.717) is 0 Å². The van der Waals surface area contributed by atoms with E-state index in [-0.39, 0.29) is 11.5 Å². The van der Waals surface area contributed by atoms with Crippen LogP contribution >= 0.6 is 0 Å². The van der Waals surface area contributed by atoms with Gasteiger partial charge in [-0.2, -0.15) is 4.98 Å². The molecule has 0 aliphatic carbocycles. The largest absolute Gasteiger partial charge is 0.338 e. The summed E-state index contributed by atoms with van der Waals surface area (Å²) in [7, 11) is 0. The lowest BCUT2D eigenvalue weighted by Crippen LogP contribution is -2.27. The quantitative estimate of drug-likeness (QED) is 0.803. The second kappa shape index (κ2) is 4.05. The number of hydrogen-bond acceptors (Lipinski definition) is 4. The third-order valence-electron chi connectivity index (χ3n) is 3.51. The van der Waals surface area contributed by atoms with E-state index < -0.39 is 0 Å². The number of H-pyrrole nitrogens is 1. The van der Waals surface area contributed by atoms with E-state index in [4.69, 9.17) is 5.73 Å². The Morgan fingerprint density at radius 2 is 2.31 bits per heavy atom. The molecule has 1 aromatic rings. The molecule has 1 saturated heterocycles. The topological polar surface area (TPSA) is 70.8 Å². The number of nitrogens with zero attached hydrogens (tertiary/aromatic N) is 3. The number of nitrogens with two attached hydrogens (primary N) is 1. The van der Waals surface area contributed by atoms with E-state index in [1.54, 1.807) is 0 Å². The van der Waals surface area contributed by atoms with E-state index in [0.717, 1.165) is 37.7 Å². The molecule has 90 valence electrons. The molecule has 0 radical (unpaired) electrons. The predicted molar refractivity (Wildman–Crippen MR) is 64.5 cm³/mol. The Hall–Kier alpha value is -1.10. The molecular weight excluding hydrogens is 202 g/mol. The van der Waals surface area contributed by atoms with Crippen LogP contribution in [0.2, 0.25) is 0 Å². The van der Waals surface area contributed by atoms with E-state index in [2.05, 4.69) is 40.9 Å². The fraction of sp³-hybridized carbons (Fsp3) is 0.818. The Kier molecular flexibility index (Phi) is 2.88. The third kappa shape index (κ3) is 2.04. The summed E-state index contributed by atoms with van der Waals surface area (Å²) in [5.41, 5.74) is 5.94. The molecular formula is C11H21N5. The summed E-state index contributed by atoms with van der Waals surface area (Å²) in [4.78, 5) is 6.72. The molecule has 2 rings (SSSR count). The molecule has 5 heteroatoms. The molecule has 0 spiro atoms. The monoisotopic (exact) mass is 223 g/mol. The summed E-state index contributed by atoms with van der Waals surface area (Å²) in [6.07, 6.45) is 2.07. The van der Waals surface area contributed by atoms with Gasteiger partial charge in [0.25, 0.3) is 0 Å². The second-order valence-corrected chi connectivity index (χ2v) is 5.22. The molecule has 5 nitrogen and oxygen atoms in total. The summed E-state index contributed by atoms with van der Waals surface area (Å²) in [6.45, 7) is 8.34. The van der Waals surface area contributed by atoms with Gasteiger partial charge in [0.2, 0.25) is 5.95 Å². The molecule has 1 aromatic heterocycles. The lowest BCUT2D eigenvalue weighted by Gasteiger charge is -2.18. The van der Waals surface area contributed by atoms with Crippen molar-refractivity contribution in [2.24, 2.45) is 5.73 Å². The van der Waals surface area contributed by atoms with Crippen molar-refractivity contribution in [2.75, 3.05) is 18.0 Å². The number of aromatic amines is 1. The van der Waals surface area contributed by atoms with E-state index in [1.165, 1.54) is 0 Å². The molecule has 1 unspecified atom stereocenters. The van der Waals surface area contributed by atoms with Gasteiger partial charge < -0.3 is 10.6 Å². The minimum atomic E-state index is 0.0626. The first-order valence-corrected chi connectivity index (χ1v) is 5.96. The van der Waals surface area contributed by atoms with Crippen molar-refractivity contribution in [3.8, 4) is 0 Å². The Labute approximate surface area is 96.4 Å². The smallest absolute Gasteiger partial charge is 0.244 e. The Morgan fingerprint density at radius 3 is 2.88 bits per heavy atom. The van der Waals surface area contributed by atoms with Crippen LogP contribution in [-0.2, 0) is 5.41 Å². The zero-order chi connectivity index (χ0) is 11.8. The van der Waals surface area contributed by atoms with Gasteiger partial charge in [0.15, 0.2) is 0 Å². The lowest BCUT2D eigenvalue weighted by molar-refractivity contribution is 0.474. The third-order valence-corrected chi connectivity index (χ3v) is 3.51. The SMILES string of the molecule is CCC(C)(C)c1nc(N2CCC(N)C2)n[nH]1. The summed E-state index contributed by atoms with van der Waals surface area (Å²) >= 11 is 0. The molecule has 2 heterocycles. The number of nitrogens with one attached hydrogen (secondary N) is 1. The molecule has 0 amide bonds.